The summed E-state index contributed by atoms with van der Waals surface area (Å²) in [5.41, 5.74) is 1.10. The second kappa shape index (κ2) is 4.49. The summed E-state index contributed by atoms with van der Waals surface area (Å²) >= 11 is 0. The van der Waals surface area contributed by atoms with E-state index in [0.717, 1.165) is 30.5 Å². The number of fused-ring (bicyclic) bond motifs is 3. The van der Waals surface area contributed by atoms with E-state index in [1.54, 1.807) is 0 Å². The third kappa shape index (κ3) is 2.08. The fourth-order valence-corrected chi connectivity index (χ4v) is 3.38. The number of hydrogen-bond donors (Lipinski definition) is 1. The van der Waals surface area contributed by atoms with E-state index in [2.05, 4.69) is 46.6 Å². The standard InChI is InChI=1S/C16H19N3/c1-2-4-15-12(3-1)5-8-16(18-15)19-10-9-13-6-7-14(11-19)17-13/h1-5,8,13-14,17H,6-7,9-11H2. The van der Waals surface area contributed by atoms with Gasteiger partial charge in [0.1, 0.15) is 5.82 Å². The second-order valence-corrected chi connectivity index (χ2v) is 5.73. The Morgan fingerprint density at radius 3 is 2.89 bits per heavy atom. The Kier molecular flexibility index (Phi) is 2.66. The summed E-state index contributed by atoms with van der Waals surface area (Å²) < 4.78 is 0. The van der Waals surface area contributed by atoms with E-state index < -0.39 is 0 Å². The van der Waals surface area contributed by atoms with Gasteiger partial charge in [0.15, 0.2) is 0 Å². The Balaban J connectivity index is 1.66. The third-order valence-electron chi connectivity index (χ3n) is 4.43. The lowest BCUT2D eigenvalue weighted by molar-refractivity contribution is 0.563. The van der Waals surface area contributed by atoms with Crippen molar-refractivity contribution in [1.29, 1.82) is 0 Å². The molecule has 2 aromatic rings. The van der Waals surface area contributed by atoms with Crippen LogP contribution in [0.3, 0.4) is 0 Å². The SMILES string of the molecule is c1ccc2nc(N3CCC4CCC(C3)N4)ccc2c1. The molecule has 4 rings (SSSR count). The zero-order valence-corrected chi connectivity index (χ0v) is 11.0. The maximum atomic E-state index is 4.82. The quantitative estimate of drug-likeness (QED) is 0.846. The van der Waals surface area contributed by atoms with Gasteiger partial charge in [-0.15, -0.1) is 0 Å². The van der Waals surface area contributed by atoms with Crippen molar-refractivity contribution in [2.24, 2.45) is 0 Å². The summed E-state index contributed by atoms with van der Waals surface area (Å²) in [5, 5.41) is 4.94. The molecule has 2 aliphatic rings. The Labute approximate surface area is 113 Å². The minimum atomic E-state index is 0.653. The van der Waals surface area contributed by atoms with Crippen LogP contribution in [0.1, 0.15) is 19.3 Å². The van der Waals surface area contributed by atoms with Crippen LogP contribution in [0.4, 0.5) is 5.82 Å². The third-order valence-corrected chi connectivity index (χ3v) is 4.43. The molecule has 1 N–H and O–H groups in total. The molecule has 2 aliphatic heterocycles. The first-order valence-corrected chi connectivity index (χ1v) is 7.25. The van der Waals surface area contributed by atoms with Crippen molar-refractivity contribution in [3.05, 3.63) is 36.4 Å². The van der Waals surface area contributed by atoms with Gasteiger partial charge in [0.05, 0.1) is 5.52 Å². The molecular formula is C16H19N3. The zero-order chi connectivity index (χ0) is 12.7. The van der Waals surface area contributed by atoms with E-state index in [1.165, 1.54) is 24.6 Å². The van der Waals surface area contributed by atoms with Crippen LogP contribution in [0, 0.1) is 0 Å². The number of nitrogens with zero attached hydrogens (tertiary/aromatic N) is 2. The van der Waals surface area contributed by atoms with E-state index in [-0.39, 0.29) is 0 Å². The molecule has 2 atom stereocenters. The minimum absolute atomic E-state index is 0.653. The summed E-state index contributed by atoms with van der Waals surface area (Å²) in [5.74, 6) is 1.13. The van der Waals surface area contributed by atoms with Gasteiger partial charge in [0.2, 0.25) is 0 Å². The molecule has 0 spiro atoms. The van der Waals surface area contributed by atoms with Crippen LogP contribution < -0.4 is 10.2 Å². The number of anilines is 1. The summed E-state index contributed by atoms with van der Waals surface area (Å²) in [4.78, 5) is 7.27. The molecule has 0 aliphatic carbocycles. The highest BCUT2D eigenvalue weighted by atomic mass is 15.2. The van der Waals surface area contributed by atoms with Gasteiger partial charge in [0.25, 0.3) is 0 Å². The predicted molar refractivity (Wildman–Crippen MR) is 78.5 cm³/mol. The summed E-state index contributed by atoms with van der Waals surface area (Å²) in [6, 6.07) is 14.1. The number of aromatic nitrogens is 1. The second-order valence-electron chi connectivity index (χ2n) is 5.73. The molecule has 19 heavy (non-hydrogen) atoms. The molecule has 0 radical (unpaired) electrons. The number of hydrogen-bond acceptors (Lipinski definition) is 3. The van der Waals surface area contributed by atoms with Gasteiger partial charge >= 0.3 is 0 Å². The van der Waals surface area contributed by atoms with Gasteiger partial charge in [-0.1, -0.05) is 18.2 Å². The number of rotatable bonds is 1. The van der Waals surface area contributed by atoms with Gasteiger partial charge in [-0.05, 0) is 37.5 Å². The molecule has 0 amide bonds. The monoisotopic (exact) mass is 253 g/mol. The lowest BCUT2D eigenvalue weighted by Crippen LogP contribution is -2.35. The van der Waals surface area contributed by atoms with E-state index in [9.17, 15) is 0 Å². The van der Waals surface area contributed by atoms with Crippen molar-refractivity contribution in [3.63, 3.8) is 0 Å². The molecular weight excluding hydrogens is 234 g/mol. The van der Waals surface area contributed by atoms with Crippen LogP contribution in [0.25, 0.3) is 10.9 Å². The maximum Gasteiger partial charge on any atom is 0.129 e. The van der Waals surface area contributed by atoms with E-state index in [4.69, 9.17) is 4.98 Å². The van der Waals surface area contributed by atoms with Crippen LogP contribution in [0.2, 0.25) is 0 Å². The smallest absolute Gasteiger partial charge is 0.129 e. The maximum absolute atomic E-state index is 4.82. The van der Waals surface area contributed by atoms with Crippen molar-refractivity contribution >= 4 is 16.7 Å². The lowest BCUT2D eigenvalue weighted by atomic mass is 10.1. The molecule has 0 saturated carbocycles. The van der Waals surface area contributed by atoms with Gasteiger partial charge in [-0.25, -0.2) is 4.98 Å². The van der Waals surface area contributed by atoms with E-state index in [0.29, 0.717) is 6.04 Å². The first kappa shape index (κ1) is 11.2. The van der Waals surface area contributed by atoms with Gasteiger partial charge in [-0.3, -0.25) is 0 Å². The Morgan fingerprint density at radius 2 is 1.89 bits per heavy atom. The topological polar surface area (TPSA) is 28.2 Å². The van der Waals surface area contributed by atoms with Gasteiger partial charge < -0.3 is 10.2 Å². The highest BCUT2D eigenvalue weighted by Crippen LogP contribution is 2.25. The average molecular weight is 253 g/mol. The van der Waals surface area contributed by atoms with Gasteiger partial charge in [-0.2, -0.15) is 0 Å². The number of benzene rings is 1. The summed E-state index contributed by atoms with van der Waals surface area (Å²) in [7, 11) is 0. The van der Waals surface area contributed by atoms with Crippen molar-refractivity contribution in [2.45, 2.75) is 31.3 Å². The fraction of sp³-hybridized carbons (Fsp3) is 0.438. The Morgan fingerprint density at radius 1 is 1.00 bits per heavy atom. The molecule has 3 heterocycles. The largest absolute Gasteiger partial charge is 0.355 e. The zero-order valence-electron chi connectivity index (χ0n) is 11.0. The van der Waals surface area contributed by atoms with Gasteiger partial charge in [0, 0.05) is 30.6 Å². The molecule has 2 bridgehead atoms. The molecule has 98 valence electrons. The molecule has 2 unspecified atom stereocenters. The number of nitrogens with one attached hydrogen (secondary N) is 1. The fourth-order valence-electron chi connectivity index (χ4n) is 3.38. The molecule has 2 saturated heterocycles. The molecule has 1 aromatic carbocycles. The molecule has 3 heteroatoms. The first-order chi connectivity index (χ1) is 9.38. The molecule has 3 nitrogen and oxygen atoms in total. The number of para-hydroxylation sites is 1. The van der Waals surface area contributed by atoms with Crippen molar-refractivity contribution in [3.8, 4) is 0 Å². The highest BCUT2D eigenvalue weighted by Gasteiger charge is 2.29. The summed E-state index contributed by atoms with van der Waals surface area (Å²) in [6.07, 6.45) is 3.91. The van der Waals surface area contributed by atoms with Crippen molar-refractivity contribution in [2.75, 3.05) is 18.0 Å². The van der Waals surface area contributed by atoms with E-state index in [1.807, 2.05) is 0 Å². The molecule has 2 fully saturated rings. The normalized spacial score (nSPS) is 26.6. The lowest BCUT2D eigenvalue weighted by Gasteiger charge is -2.25. The van der Waals surface area contributed by atoms with E-state index >= 15 is 0 Å². The van der Waals surface area contributed by atoms with Crippen LogP contribution in [-0.4, -0.2) is 30.2 Å². The Bertz CT molecular complexity index is 595. The van der Waals surface area contributed by atoms with Crippen molar-refractivity contribution in [1.82, 2.24) is 10.3 Å². The number of pyridine rings is 1. The highest BCUT2D eigenvalue weighted by molar-refractivity contribution is 5.80. The minimum Gasteiger partial charge on any atom is -0.355 e. The van der Waals surface area contributed by atoms with Crippen LogP contribution >= 0.6 is 0 Å². The first-order valence-electron chi connectivity index (χ1n) is 7.25. The van der Waals surface area contributed by atoms with Crippen molar-refractivity contribution < 1.29 is 0 Å². The summed E-state index contributed by atoms with van der Waals surface area (Å²) in [6.45, 7) is 2.22. The average Bonchev–Trinajstić information content (AvgIpc) is 2.78. The van der Waals surface area contributed by atoms with Crippen LogP contribution in [0.5, 0.6) is 0 Å². The molecule has 1 aromatic heterocycles. The van der Waals surface area contributed by atoms with Crippen LogP contribution in [-0.2, 0) is 0 Å². The Hall–Kier alpha value is -1.61. The van der Waals surface area contributed by atoms with Crippen LogP contribution in [0.15, 0.2) is 36.4 Å². The predicted octanol–water partition coefficient (Wildman–Crippen LogP) is 2.57.